The van der Waals surface area contributed by atoms with Gasteiger partial charge in [-0.2, -0.15) is 0 Å². The summed E-state index contributed by atoms with van der Waals surface area (Å²) in [6.07, 6.45) is 0.908. The van der Waals surface area contributed by atoms with Crippen LogP contribution in [0, 0.1) is 0 Å². The molecule has 0 spiro atoms. The molecule has 21 heavy (non-hydrogen) atoms. The molecule has 1 aromatic carbocycles. The van der Waals surface area contributed by atoms with E-state index in [1.165, 1.54) is 16.2 Å². The van der Waals surface area contributed by atoms with Gasteiger partial charge in [0, 0.05) is 30.0 Å². The van der Waals surface area contributed by atoms with Crippen LogP contribution in [-0.2, 0) is 13.0 Å². The summed E-state index contributed by atoms with van der Waals surface area (Å²) in [5.74, 6) is 1.08. The van der Waals surface area contributed by atoms with Gasteiger partial charge in [-0.05, 0) is 18.2 Å². The number of carbonyl (C=O) groups excluding carboxylic acids is 1. The predicted octanol–water partition coefficient (Wildman–Crippen LogP) is 1.77. The summed E-state index contributed by atoms with van der Waals surface area (Å²) < 4.78 is 10.5. The smallest absolute Gasteiger partial charge is 0.257 e. The van der Waals surface area contributed by atoms with Crippen LogP contribution in [0.5, 0.6) is 11.5 Å². The molecule has 0 unspecified atom stereocenters. The van der Waals surface area contributed by atoms with E-state index >= 15 is 0 Å². The van der Waals surface area contributed by atoms with Crippen molar-refractivity contribution < 1.29 is 14.3 Å². The predicted molar refractivity (Wildman–Crippen MR) is 78.0 cm³/mol. The number of hydrogen-bond acceptors (Lipinski definition) is 6. The molecular formula is C14H13N3O3S. The maximum Gasteiger partial charge on any atom is 0.257 e. The van der Waals surface area contributed by atoms with E-state index in [9.17, 15) is 4.79 Å². The van der Waals surface area contributed by atoms with Crippen molar-refractivity contribution in [2.45, 2.75) is 13.0 Å². The quantitative estimate of drug-likeness (QED) is 0.884. The lowest BCUT2D eigenvalue weighted by Gasteiger charge is -2.09. The summed E-state index contributed by atoms with van der Waals surface area (Å²) in [5, 5.41) is 6.79. The number of rotatable bonds is 2. The second-order valence-electron chi connectivity index (χ2n) is 4.84. The highest BCUT2D eigenvalue weighted by molar-refractivity contribution is 7.15. The van der Waals surface area contributed by atoms with Crippen LogP contribution in [0.1, 0.15) is 20.9 Å². The molecule has 0 fully saturated rings. The average molecular weight is 303 g/mol. The molecule has 1 aromatic heterocycles. The molecule has 0 radical (unpaired) electrons. The molecule has 4 rings (SSSR count). The highest BCUT2D eigenvalue weighted by atomic mass is 32.1. The van der Waals surface area contributed by atoms with E-state index in [1.807, 2.05) is 0 Å². The van der Waals surface area contributed by atoms with Crippen LogP contribution >= 0.6 is 11.3 Å². The van der Waals surface area contributed by atoms with Crippen molar-refractivity contribution in [3.05, 3.63) is 34.3 Å². The monoisotopic (exact) mass is 303 g/mol. The van der Waals surface area contributed by atoms with Crippen molar-refractivity contribution in [3.8, 4) is 11.5 Å². The summed E-state index contributed by atoms with van der Waals surface area (Å²) in [6, 6.07) is 5.15. The lowest BCUT2D eigenvalue weighted by Crippen LogP contribution is -2.22. The van der Waals surface area contributed by atoms with Gasteiger partial charge in [-0.3, -0.25) is 10.1 Å². The Morgan fingerprint density at radius 1 is 1.33 bits per heavy atom. The van der Waals surface area contributed by atoms with Crippen LogP contribution in [-0.4, -0.2) is 24.2 Å². The zero-order chi connectivity index (χ0) is 14.2. The first-order valence-electron chi connectivity index (χ1n) is 6.70. The van der Waals surface area contributed by atoms with Crippen molar-refractivity contribution in [3.63, 3.8) is 0 Å². The number of nitrogens with one attached hydrogen (secondary N) is 2. The Morgan fingerprint density at radius 2 is 2.24 bits per heavy atom. The topological polar surface area (TPSA) is 72.5 Å². The molecule has 2 aliphatic heterocycles. The molecule has 0 aliphatic carbocycles. The molecule has 0 saturated heterocycles. The first-order valence-corrected chi connectivity index (χ1v) is 7.51. The molecule has 1 amide bonds. The fraction of sp³-hybridized carbons (Fsp3) is 0.286. The highest BCUT2D eigenvalue weighted by Gasteiger charge is 2.19. The molecule has 6 nitrogen and oxygen atoms in total. The number of hydrogen-bond donors (Lipinski definition) is 2. The van der Waals surface area contributed by atoms with Gasteiger partial charge in [0.2, 0.25) is 6.79 Å². The van der Waals surface area contributed by atoms with E-state index in [1.54, 1.807) is 18.2 Å². The first-order chi connectivity index (χ1) is 10.3. The molecule has 2 aliphatic rings. The number of aromatic nitrogens is 1. The minimum Gasteiger partial charge on any atom is -0.454 e. The zero-order valence-electron chi connectivity index (χ0n) is 11.1. The van der Waals surface area contributed by atoms with Crippen LogP contribution in [0.15, 0.2) is 18.2 Å². The third kappa shape index (κ3) is 2.34. The SMILES string of the molecule is O=C(Nc1nc2c(s1)CNCC2)c1ccc2c(c1)OCO2. The Hall–Kier alpha value is -2.12. The number of benzene rings is 1. The fourth-order valence-electron chi connectivity index (χ4n) is 2.39. The van der Waals surface area contributed by atoms with Crippen molar-refractivity contribution in [2.75, 3.05) is 18.7 Å². The molecule has 2 aromatic rings. The van der Waals surface area contributed by atoms with E-state index in [0.717, 1.165) is 25.2 Å². The minimum atomic E-state index is -0.188. The second-order valence-corrected chi connectivity index (χ2v) is 5.92. The maximum absolute atomic E-state index is 12.3. The van der Waals surface area contributed by atoms with Crippen molar-refractivity contribution >= 4 is 22.4 Å². The zero-order valence-corrected chi connectivity index (χ0v) is 12.0. The van der Waals surface area contributed by atoms with Gasteiger partial charge in [-0.15, -0.1) is 11.3 Å². The molecule has 2 N–H and O–H groups in total. The third-order valence-corrected chi connectivity index (χ3v) is 4.47. The van der Waals surface area contributed by atoms with E-state index < -0.39 is 0 Å². The van der Waals surface area contributed by atoms with Gasteiger partial charge in [0.1, 0.15) is 0 Å². The number of amides is 1. The van der Waals surface area contributed by atoms with Gasteiger partial charge in [-0.25, -0.2) is 4.98 Å². The van der Waals surface area contributed by atoms with Crippen LogP contribution in [0.3, 0.4) is 0 Å². The van der Waals surface area contributed by atoms with Crippen LogP contribution in [0.2, 0.25) is 0 Å². The summed E-state index contributed by atoms with van der Waals surface area (Å²) in [5.41, 5.74) is 1.62. The van der Waals surface area contributed by atoms with E-state index in [2.05, 4.69) is 15.6 Å². The van der Waals surface area contributed by atoms with E-state index in [-0.39, 0.29) is 12.7 Å². The van der Waals surface area contributed by atoms with Gasteiger partial charge in [-0.1, -0.05) is 0 Å². The maximum atomic E-state index is 12.3. The number of thiazole rings is 1. The second kappa shape index (κ2) is 5.01. The molecule has 108 valence electrons. The minimum absolute atomic E-state index is 0.188. The van der Waals surface area contributed by atoms with E-state index in [0.29, 0.717) is 22.2 Å². The molecule has 7 heteroatoms. The van der Waals surface area contributed by atoms with Gasteiger partial charge < -0.3 is 14.8 Å². The lowest BCUT2D eigenvalue weighted by molar-refractivity contribution is 0.102. The van der Waals surface area contributed by atoms with Crippen LogP contribution in [0.25, 0.3) is 0 Å². The third-order valence-electron chi connectivity index (χ3n) is 3.46. The Kier molecular flexibility index (Phi) is 3.01. The van der Waals surface area contributed by atoms with Crippen LogP contribution < -0.4 is 20.1 Å². The number of carbonyl (C=O) groups is 1. The van der Waals surface area contributed by atoms with Gasteiger partial charge >= 0.3 is 0 Å². The Bertz CT molecular complexity index is 690. The molecular weight excluding hydrogens is 290 g/mol. The van der Waals surface area contributed by atoms with Crippen molar-refractivity contribution in [1.29, 1.82) is 0 Å². The Balaban J connectivity index is 1.54. The normalized spacial score (nSPS) is 15.6. The van der Waals surface area contributed by atoms with Gasteiger partial charge in [0.15, 0.2) is 16.6 Å². The number of anilines is 1. The number of fused-ring (bicyclic) bond motifs is 2. The van der Waals surface area contributed by atoms with Crippen LogP contribution in [0.4, 0.5) is 5.13 Å². The molecule has 0 saturated carbocycles. The number of nitrogens with zero attached hydrogens (tertiary/aromatic N) is 1. The fourth-order valence-corrected chi connectivity index (χ4v) is 3.36. The molecule has 0 bridgehead atoms. The molecule has 0 atom stereocenters. The first kappa shape index (κ1) is 12.6. The van der Waals surface area contributed by atoms with Gasteiger partial charge in [0.25, 0.3) is 5.91 Å². The Labute approximate surface area is 125 Å². The number of ether oxygens (including phenoxy) is 2. The summed E-state index contributed by atoms with van der Waals surface area (Å²) >= 11 is 1.52. The largest absolute Gasteiger partial charge is 0.454 e. The van der Waals surface area contributed by atoms with Crippen molar-refractivity contribution in [2.24, 2.45) is 0 Å². The average Bonchev–Trinajstić information content (AvgIpc) is 3.11. The van der Waals surface area contributed by atoms with Gasteiger partial charge in [0.05, 0.1) is 5.69 Å². The Morgan fingerprint density at radius 3 is 3.14 bits per heavy atom. The van der Waals surface area contributed by atoms with Crippen molar-refractivity contribution in [1.82, 2.24) is 10.3 Å². The molecule has 3 heterocycles. The summed E-state index contributed by atoms with van der Waals surface area (Å²) in [7, 11) is 0. The standard InChI is InChI=1S/C14H13N3O3S/c18-13(8-1-2-10-11(5-8)20-7-19-10)17-14-16-9-3-4-15-6-12(9)21-14/h1-2,5,15H,3-4,6-7H2,(H,16,17,18). The summed E-state index contributed by atoms with van der Waals surface area (Å²) in [4.78, 5) is 17.9. The highest BCUT2D eigenvalue weighted by Crippen LogP contribution is 2.33. The lowest BCUT2D eigenvalue weighted by atomic mass is 10.2. The summed E-state index contributed by atoms with van der Waals surface area (Å²) in [6.45, 7) is 1.96. The van der Waals surface area contributed by atoms with E-state index in [4.69, 9.17) is 9.47 Å².